The number of ether oxygens (including phenoxy) is 1. The number of hydrogen-bond donors (Lipinski definition) is 0. The topological polar surface area (TPSA) is 9.23 Å². The number of benzene rings is 1. The summed E-state index contributed by atoms with van der Waals surface area (Å²) in [4.78, 5) is 0. The van der Waals surface area contributed by atoms with E-state index in [4.69, 9.17) is 4.74 Å². The van der Waals surface area contributed by atoms with E-state index in [-0.39, 0.29) is 32.7 Å². The molecule has 0 bridgehead atoms. The van der Waals surface area contributed by atoms with Gasteiger partial charge in [0.15, 0.2) is 0 Å². The Bertz CT molecular complexity index is 222. The molecule has 2 heteroatoms. The van der Waals surface area contributed by atoms with Crippen molar-refractivity contribution in [1.29, 1.82) is 0 Å². The van der Waals surface area contributed by atoms with E-state index in [9.17, 15) is 0 Å². The summed E-state index contributed by atoms with van der Waals surface area (Å²) in [5.74, 6) is 0.940. The molecule has 1 aromatic rings. The molecule has 0 N–H and O–H groups in total. The van der Waals surface area contributed by atoms with Crippen LogP contribution in [0.25, 0.3) is 0 Å². The smallest absolute Gasteiger partial charge is 0.0865 e. The van der Waals surface area contributed by atoms with E-state index < -0.39 is 0 Å². The minimum atomic E-state index is 0. The van der Waals surface area contributed by atoms with Crippen LogP contribution in [0.2, 0.25) is 0 Å². The first-order chi connectivity index (χ1) is 4.86. The Morgan fingerprint density at radius 3 is 3.18 bits per heavy atom. The molecule has 0 fully saturated rings. The van der Waals surface area contributed by atoms with Crippen LogP contribution in [-0.4, -0.2) is 6.10 Å². The first kappa shape index (κ1) is 9.21. The summed E-state index contributed by atoms with van der Waals surface area (Å²) in [6.07, 6.45) is 1.38. The number of para-hydroxylation sites is 1. The van der Waals surface area contributed by atoms with E-state index in [0.29, 0.717) is 6.10 Å². The van der Waals surface area contributed by atoms with Gasteiger partial charge in [0.2, 0.25) is 0 Å². The molecule has 1 nitrogen and oxygen atoms in total. The van der Waals surface area contributed by atoms with Gasteiger partial charge in [0, 0.05) is 38.5 Å². The van der Waals surface area contributed by atoms with Crippen molar-refractivity contribution in [3.05, 3.63) is 29.8 Å². The molecule has 11 heavy (non-hydrogen) atoms. The summed E-state index contributed by atoms with van der Waals surface area (Å²) in [5.41, 5.74) is 1.29. The Hall–Kier alpha value is 0.124. The zero-order valence-electron chi connectivity index (χ0n) is 6.50. The van der Waals surface area contributed by atoms with Crippen LogP contribution in [-0.2, 0) is 39.1 Å². The van der Waals surface area contributed by atoms with E-state index in [1.807, 2.05) is 12.1 Å². The first-order valence-electron chi connectivity index (χ1n) is 3.52. The molecule has 1 radical (unpaired) electrons. The third-order valence-electron chi connectivity index (χ3n) is 1.73. The minimum absolute atomic E-state index is 0. The average Bonchev–Trinajstić information content (AvgIpc) is 2.27. The molecule has 0 saturated carbocycles. The number of hydrogen-bond acceptors (Lipinski definition) is 1. The predicted octanol–water partition coefficient (Wildman–Crippen LogP) is 1.81. The molecular weight excluding hydrogens is 213 g/mol. The van der Waals surface area contributed by atoms with Crippen molar-refractivity contribution in [2.24, 2.45) is 0 Å². The van der Waals surface area contributed by atoms with E-state index in [1.54, 1.807) is 0 Å². The molecule has 1 atom stereocenters. The van der Waals surface area contributed by atoms with Crippen molar-refractivity contribution in [1.82, 2.24) is 0 Å². The third-order valence-corrected chi connectivity index (χ3v) is 1.73. The van der Waals surface area contributed by atoms with Crippen molar-refractivity contribution in [3.63, 3.8) is 0 Å². The van der Waals surface area contributed by atoms with Gasteiger partial charge in [-0.1, -0.05) is 0 Å². The van der Waals surface area contributed by atoms with E-state index >= 15 is 0 Å². The maximum atomic E-state index is 5.45. The van der Waals surface area contributed by atoms with Gasteiger partial charge in [-0.15, -0.1) is 11.6 Å². The van der Waals surface area contributed by atoms with Crippen LogP contribution in [0.4, 0.5) is 0 Å². The Kier molecular flexibility index (Phi) is 3.09. The maximum absolute atomic E-state index is 5.45. The zero-order chi connectivity index (χ0) is 6.97. The van der Waals surface area contributed by atoms with Crippen molar-refractivity contribution < 1.29 is 37.4 Å². The number of rotatable bonds is 0. The molecule has 1 heterocycles. The van der Waals surface area contributed by atoms with Gasteiger partial charge in [0.05, 0.1) is 6.10 Å². The summed E-state index contributed by atoms with van der Waals surface area (Å²) in [7, 11) is 0. The molecule has 1 aliphatic rings. The second-order valence-electron chi connectivity index (χ2n) is 2.66. The largest absolute Gasteiger partial charge is 0.517 e. The van der Waals surface area contributed by atoms with Gasteiger partial charge in [0.25, 0.3) is 0 Å². The van der Waals surface area contributed by atoms with Crippen molar-refractivity contribution >= 4 is 0 Å². The van der Waals surface area contributed by atoms with Gasteiger partial charge < -0.3 is 4.74 Å². The summed E-state index contributed by atoms with van der Waals surface area (Å²) in [6, 6.07) is 9.04. The van der Waals surface area contributed by atoms with Crippen LogP contribution >= 0.6 is 0 Å². The van der Waals surface area contributed by atoms with E-state index in [0.717, 1.165) is 12.2 Å². The second kappa shape index (κ2) is 3.68. The Morgan fingerprint density at radius 2 is 2.45 bits per heavy atom. The summed E-state index contributed by atoms with van der Waals surface area (Å²) in [6.45, 7) is 2.08. The normalized spacial score (nSPS) is 19.9. The Labute approximate surface area is 92.0 Å². The molecule has 0 aromatic heterocycles. The van der Waals surface area contributed by atoms with Gasteiger partial charge in [-0.2, -0.15) is 18.2 Å². The molecular formula is C9H9OY-. The molecule has 1 aromatic carbocycles. The van der Waals surface area contributed by atoms with Crippen molar-refractivity contribution in [2.45, 2.75) is 19.4 Å². The fourth-order valence-electron chi connectivity index (χ4n) is 1.28. The predicted molar refractivity (Wildman–Crippen MR) is 39.1 cm³/mol. The fraction of sp³-hybridized carbons (Fsp3) is 0.333. The monoisotopic (exact) mass is 222 g/mol. The summed E-state index contributed by atoms with van der Waals surface area (Å²) < 4.78 is 5.45. The fourth-order valence-corrected chi connectivity index (χ4v) is 1.28. The molecule has 0 spiro atoms. The molecule has 0 amide bonds. The number of fused-ring (bicyclic) bond motifs is 1. The molecule has 55 valence electrons. The molecule has 2 rings (SSSR count). The van der Waals surface area contributed by atoms with E-state index in [1.165, 1.54) is 5.56 Å². The van der Waals surface area contributed by atoms with Crippen LogP contribution in [0.5, 0.6) is 5.75 Å². The summed E-state index contributed by atoms with van der Waals surface area (Å²) in [5, 5.41) is 0. The Morgan fingerprint density at radius 1 is 1.64 bits per heavy atom. The average molecular weight is 222 g/mol. The second-order valence-corrected chi connectivity index (χ2v) is 2.66. The van der Waals surface area contributed by atoms with Gasteiger partial charge in [-0.3, -0.25) is 0 Å². The van der Waals surface area contributed by atoms with Gasteiger partial charge in [-0.25, -0.2) is 0 Å². The van der Waals surface area contributed by atoms with Gasteiger partial charge in [-0.05, 0) is 13.3 Å². The van der Waals surface area contributed by atoms with Crippen LogP contribution in [0.3, 0.4) is 0 Å². The van der Waals surface area contributed by atoms with Crippen LogP contribution < -0.4 is 4.74 Å². The molecule has 1 unspecified atom stereocenters. The van der Waals surface area contributed by atoms with E-state index in [2.05, 4.69) is 19.1 Å². The molecule has 0 saturated heterocycles. The quantitative estimate of drug-likeness (QED) is 0.608. The first-order valence-corrected chi connectivity index (χ1v) is 3.52. The van der Waals surface area contributed by atoms with Gasteiger partial charge in [0.1, 0.15) is 0 Å². The molecule has 0 aliphatic carbocycles. The minimum Gasteiger partial charge on any atom is -0.517 e. The standard InChI is InChI=1S/C9H9O.Y/c1-7-6-8-4-2-3-5-9(8)10-7;/h2-4,7H,6H2,1H3;/q-1;. The van der Waals surface area contributed by atoms with Crippen molar-refractivity contribution in [2.75, 3.05) is 0 Å². The molecule has 1 aliphatic heterocycles. The summed E-state index contributed by atoms with van der Waals surface area (Å²) >= 11 is 0. The maximum Gasteiger partial charge on any atom is 0.0865 e. The SMILES string of the molecule is CC1Cc2ccc[c-]c2O1.[Y]. The van der Waals surface area contributed by atoms with Crippen LogP contribution in [0.1, 0.15) is 12.5 Å². The van der Waals surface area contributed by atoms with Crippen LogP contribution in [0.15, 0.2) is 18.2 Å². The third kappa shape index (κ3) is 1.83. The Balaban J connectivity index is 0.000000605. The van der Waals surface area contributed by atoms with Crippen molar-refractivity contribution in [3.8, 4) is 5.75 Å². The van der Waals surface area contributed by atoms with Gasteiger partial charge >= 0.3 is 0 Å². The van der Waals surface area contributed by atoms with Crippen LogP contribution in [0, 0.1) is 6.07 Å². The zero-order valence-corrected chi connectivity index (χ0v) is 9.34.